The minimum Gasteiger partial charge on any atom is -0.423 e. The van der Waals surface area contributed by atoms with E-state index in [9.17, 15) is 5.02 Å². The second kappa shape index (κ2) is 16.7. The van der Waals surface area contributed by atoms with E-state index in [-0.39, 0.29) is 0 Å². The fourth-order valence-corrected chi connectivity index (χ4v) is 3.21. The summed E-state index contributed by atoms with van der Waals surface area (Å²) in [5, 5.41) is 9.90. The highest BCUT2D eigenvalue weighted by Gasteiger charge is 2.14. The Balaban J connectivity index is 1.77. The lowest BCUT2D eigenvalue weighted by Crippen LogP contribution is -2.33. The molecule has 0 radical (unpaired) electrons. The van der Waals surface area contributed by atoms with Crippen LogP contribution in [0.1, 0.15) is 96.8 Å². The number of rotatable bonds is 17. The van der Waals surface area contributed by atoms with E-state index in [1.54, 1.807) is 0 Å². The molecule has 0 unspecified atom stereocenters. The van der Waals surface area contributed by atoms with Crippen LogP contribution in [0.5, 0.6) is 0 Å². The predicted octanol–water partition coefficient (Wildman–Crippen LogP) is 5.87. The highest BCUT2D eigenvalue weighted by Crippen LogP contribution is 2.12. The molecule has 0 aliphatic rings. The van der Waals surface area contributed by atoms with Crippen LogP contribution in [0, 0.1) is 0 Å². The lowest BCUT2D eigenvalue weighted by Gasteiger charge is -2.08. The summed E-state index contributed by atoms with van der Waals surface area (Å²) in [6.45, 7) is 2.93. The van der Waals surface area contributed by atoms with Crippen LogP contribution in [-0.2, 0) is 4.65 Å². The van der Waals surface area contributed by atoms with E-state index in [1.807, 2.05) is 30.3 Å². The third kappa shape index (κ3) is 13.1. The average molecular weight is 346 g/mol. The van der Waals surface area contributed by atoms with Gasteiger partial charge in [0, 0.05) is 6.61 Å². The van der Waals surface area contributed by atoms with Crippen molar-refractivity contribution in [2.45, 2.75) is 96.8 Å². The third-order valence-corrected chi connectivity index (χ3v) is 4.86. The van der Waals surface area contributed by atoms with Gasteiger partial charge in [-0.15, -0.1) is 0 Å². The van der Waals surface area contributed by atoms with Gasteiger partial charge in [-0.25, -0.2) is 0 Å². The monoisotopic (exact) mass is 346 g/mol. The fourth-order valence-electron chi connectivity index (χ4n) is 3.21. The minimum absolute atomic E-state index is 0.647. The Morgan fingerprint density at radius 1 is 0.680 bits per heavy atom. The average Bonchev–Trinajstić information content (AvgIpc) is 2.65. The van der Waals surface area contributed by atoms with Crippen LogP contribution < -0.4 is 5.46 Å². The summed E-state index contributed by atoms with van der Waals surface area (Å²) in [5.41, 5.74) is 0.841. The van der Waals surface area contributed by atoms with E-state index < -0.39 is 7.12 Å². The molecule has 25 heavy (non-hydrogen) atoms. The number of unbranched alkanes of at least 4 members (excludes halogenated alkanes) is 13. The molecule has 0 heterocycles. The number of hydrogen-bond acceptors (Lipinski definition) is 2. The van der Waals surface area contributed by atoms with E-state index in [0.717, 1.165) is 11.9 Å². The molecule has 1 aromatic rings. The topological polar surface area (TPSA) is 29.5 Å². The molecule has 0 aliphatic heterocycles. The summed E-state index contributed by atoms with van der Waals surface area (Å²) in [5.74, 6) is 0. The maximum absolute atomic E-state index is 9.90. The van der Waals surface area contributed by atoms with Crippen LogP contribution in [0.25, 0.3) is 0 Å². The number of hydrogen-bond donors (Lipinski definition) is 1. The summed E-state index contributed by atoms with van der Waals surface area (Å²) in [6.07, 6.45) is 19.0. The van der Waals surface area contributed by atoms with Gasteiger partial charge in [0.25, 0.3) is 0 Å². The molecule has 0 aromatic heterocycles. The van der Waals surface area contributed by atoms with Crippen molar-refractivity contribution in [1.82, 2.24) is 0 Å². The lowest BCUT2D eigenvalue weighted by molar-refractivity contribution is 0.261. The normalized spacial score (nSPS) is 11.0. The predicted molar refractivity (Wildman–Crippen MR) is 110 cm³/mol. The second-order valence-corrected chi connectivity index (χ2v) is 7.23. The van der Waals surface area contributed by atoms with Gasteiger partial charge in [0.1, 0.15) is 0 Å². The van der Waals surface area contributed by atoms with Crippen LogP contribution >= 0.6 is 0 Å². The van der Waals surface area contributed by atoms with Crippen LogP contribution in [0.15, 0.2) is 30.3 Å². The lowest BCUT2D eigenvalue weighted by atomic mass is 9.80. The standard InChI is InChI=1S/C22H39BO2/c1-2-3-4-5-6-7-8-9-10-11-12-13-14-18-21-25-23(24)22-19-16-15-17-20-22/h15-17,19-20,24H,2-14,18,21H2,1H3. The zero-order valence-electron chi connectivity index (χ0n) is 16.4. The first-order valence-electron chi connectivity index (χ1n) is 10.7. The van der Waals surface area contributed by atoms with Gasteiger partial charge in [0.2, 0.25) is 0 Å². The Morgan fingerprint density at radius 2 is 1.12 bits per heavy atom. The van der Waals surface area contributed by atoms with Gasteiger partial charge in [-0.05, 0) is 11.9 Å². The highest BCUT2D eigenvalue weighted by atomic mass is 16.5. The third-order valence-electron chi connectivity index (χ3n) is 4.86. The first kappa shape index (κ1) is 22.2. The van der Waals surface area contributed by atoms with Gasteiger partial charge in [-0.1, -0.05) is 121 Å². The fraction of sp³-hybridized carbons (Fsp3) is 0.727. The molecule has 1 N–H and O–H groups in total. The molecule has 0 saturated heterocycles. The molecular formula is C22H39BO2. The Morgan fingerprint density at radius 3 is 1.60 bits per heavy atom. The van der Waals surface area contributed by atoms with E-state index in [0.29, 0.717) is 6.61 Å². The van der Waals surface area contributed by atoms with Crippen molar-refractivity contribution in [2.75, 3.05) is 6.61 Å². The van der Waals surface area contributed by atoms with Gasteiger partial charge in [0.15, 0.2) is 0 Å². The minimum atomic E-state index is -0.775. The largest absolute Gasteiger partial charge is 0.491 e. The second-order valence-electron chi connectivity index (χ2n) is 7.23. The van der Waals surface area contributed by atoms with Crippen molar-refractivity contribution in [3.05, 3.63) is 30.3 Å². The summed E-state index contributed by atoms with van der Waals surface area (Å²) in [6, 6.07) is 9.60. The molecule has 0 bridgehead atoms. The first-order valence-corrected chi connectivity index (χ1v) is 10.7. The zero-order chi connectivity index (χ0) is 18.0. The maximum Gasteiger partial charge on any atom is 0.491 e. The molecule has 0 amide bonds. The van der Waals surface area contributed by atoms with Crippen molar-refractivity contribution >= 4 is 12.6 Å². The van der Waals surface area contributed by atoms with Gasteiger partial charge in [0.05, 0.1) is 0 Å². The van der Waals surface area contributed by atoms with Crippen LogP contribution in [0.4, 0.5) is 0 Å². The van der Waals surface area contributed by atoms with E-state index in [2.05, 4.69) is 6.92 Å². The first-order chi connectivity index (χ1) is 12.3. The summed E-state index contributed by atoms with van der Waals surface area (Å²) < 4.78 is 5.49. The Kier molecular flexibility index (Phi) is 14.8. The van der Waals surface area contributed by atoms with E-state index >= 15 is 0 Å². The van der Waals surface area contributed by atoms with Crippen LogP contribution in [-0.4, -0.2) is 18.7 Å². The molecule has 0 atom stereocenters. The van der Waals surface area contributed by atoms with Gasteiger partial charge in [-0.2, -0.15) is 0 Å². The van der Waals surface area contributed by atoms with Crippen molar-refractivity contribution in [2.24, 2.45) is 0 Å². The van der Waals surface area contributed by atoms with Gasteiger partial charge < -0.3 is 9.68 Å². The molecule has 0 aliphatic carbocycles. The molecule has 2 nitrogen and oxygen atoms in total. The maximum atomic E-state index is 9.90. The van der Waals surface area contributed by atoms with Gasteiger partial charge in [-0.3, -0.25) is 0 Å². The quantitative estimate of drug-likeness (QED) is 0.282. The number of benzene rings is 1. The molecule has 1 aromatic carbocycles. The van der Waals surface area contributed by atoms with E-state index in [1.165, 1.54) is 83.5 Å². The summed E-state index contributed by atoms with van der Waals surface area (Å²) in [7, 11) is -0.775. The molecule has 0 saturated carbocycles. The van der Waals surface area contributed by atoms with Crippen LogP contribution in [0.3, 0.4) is 0 Å². The molecule has 142 valence electrons. The van der Waals surface area contributed by atoms with Crippen molar-refractivity contribution < 1.29 is 9.68 Å². The smallest absolute Gasteiger partial charge is 0.423 e. The van der Waals surface area contributed by atoms with Crippen molar-refractivity contribution in [3.8, 4) is 0 Å². The van der Waals surface area contributed by atoms with Crippen molar-refractivity contribution in [1.29, 1.82) is 0 Å². The Bertz CT molecular complexity index is 383. The molecule has 3 heteroatoms. The van der Waals surface area contributed by atoms with E-state index in [4.69, 9.17) is 4.65 Å². The highest BCUT2D eigenvalue weighted by molar-refractivity contribution is 6.59. The molecule has 0 spiro atoms. The Labute approximate surface area is 156 Å². The SMILES string of the molecule is CCCCCCCCCCCCCCCCOB(O)c1ccccc1. The zero-order valence-corrected chi connectivity index (χ0v) is 16.4. The molecule has 0 fully saturated rings. The summed E-state index contributed by atoms with van der Waals surface area (Å²) >= 11 is 0. The van der Waals surface area contributed by atoms with Crippen molar-refractivity contribution in [3.63, 3.8) is 0 Å². The molecule has 1 rings (SSSR count). The van der Waals surface area contributed by atoms with Crippen LogP contribution in [0.2, 0.25) is 0 Å². The van der Waals surface area contributed by atoms with Gasteiger partial charge >= 0.3 is 7.12 Å². The Hall–Kier alpha value is -0.795. The molecular weight excluding hydrogens is 307 g/mol. The summed E-state index contributed by atoms with van der Waals surface area (Å²) in [4.78, 5) is 0.